The van der Waals surface area contributed by atoms with Gasteiger partial charge in [-0.3, -0.25) is 0 Å². The van der Waals surface area contributed by atoms with E-state index >= 15 is 0 Å². The second kappa shape index (κ2) is 18.3. The molecule has 9 aromatic carbocycles. The summed E-state index contributed by atoms with van der Waals surface area (Å²) in [5.41, 5.74) is 15.0. The molecular weight excluding hydrogens is 757 g/mol. The largest absolute Gasteiger partial charge is 0.508 e. The number of rotatable bonds is 12. The molecule has 0 aliphatic carbocycles. The Morgan fingerprint density at radius 1 is 0.258 bits per heavy atom. The van der Waals surface area contributed by atoms with E-state index in [0.717, 1.165) is 78.7 Å². The molecule has 0 saturated heterocycles. The smallest absolute Gasteiger partial charge is 0.115 e. The normalized spacial score (nSPS) is 11.5. The first-order valence-corrected chi connectivity index (χ1v) is 20.7. The minimum absolute atomic E-state index is 0.237. The van der Waals surface area contributed by atoms with Gasteiger partial charge in [0.15, 0.2) is 0 Å². The van der Waals surface area contributed by atoms with Crippen LogP contribution in [0.5, 0.6) is 11.5 Å². The zero-order valence-electron chi connectivity index (χ0n) is 34.0. The fraction of sp³-hybridized carbons (Fsp3) is 0. The maximum absolute atomic E-state index is 10.00. The number of phenolic OH excluding ortho intramolecular Hbond substituents is 2. The summed E-state index contributed by atoms with van der Waals surface area (Å²) in [5, 5.41) is 20.0. The molecule has 0 spiro atoms. The first-order valence-electron chi connectivity index (χ1n) is 20.7. The van der Waals surface area contributed by atoms with Gasteiger partial charge < -0.3 is 20.0 Å². The van der Waals surface area contributed by atoms with Gasteiger partial charge in [-0.1, -0.05) is 146 Å². The van der Waals surface area contributed by atoms with Crippen molar-refractivity contribution in [2.75, 3.05) is 9.80 Å². The van der Waals surface area contributed by atoms with Crippen LogP contribution in [0, 0.1) is 0 Å². The summed E-state index contributed by atoms with van der Waals surface area (Å²) in [5.74, 6) is 0.473. The highest BCUT2D eigenvalue weighted by atomic mass is 16.3. The fourth-order valence-corrected chi connectivity index (χ4v) is 7.76. The number of phenols is 2. The van der Waals surface area contributed by atoms with Crippen molar-refractivity contribution in [3.63, 3.8) is 0 Å². The lowest BCUT2D eigenvalue weighted by molar-refractivity contribution is 0.475. The monoisotopic (exact) mass is 800 g/mol. The molecule has 0 bridgehead atoms. The summed E-state index contributed by atoms with van der Waals surface area (Å²) in [4.78, 5) is 4.38. The number of aromatic hydroxyl groups is 2. The summed E-state index contributed by atoms with van der Waals surface area (Å²) >= 11 is 0. The predicted octanol–water partition coefficient (Wildman–Crippen LogP) is 15.2. The SMILES string of the molecule is Oc1ccc(N(c2ccccc2)c2ccc(/C=C(/c3ccccc3)c3ccc(/C(=C/c4ccc(N(c5ccccc5)c5ccc(O)cc5)cc4)c4ccccc4)cc3)cc2)cc1. The van der Waals surface area contributed by atoms with Crippen LogP contribution in [0.2, 0.25) is 0 Å². The molecule has 0 fully saturated rings. The minimum atomic E-state index is 0.237. The van der Waals surface area contributed by atoms with E-state index in [4.69, 9.17) is 0 Å². The molecule has 0 radical (unpaired) electrons. The highest BCUT2D eigenvalue weighted by Gasteiger charge is 2.15. The molecule has 0 atom stereocenters. The Labute approximate surface area is 363 Å². The maximum atomic E-state index is 10.00. The summed E-state index contributed by atoms with van der Waals surface area (Å²) in [7, 11) is 0. The number of para-hydroxylation sites is 2. The molecule has 0 aliphatic rings. The lowest BCUT2D eigenvalue weighted by atomic mass is 9.91. The zero-order chi connectivity index (χ0) is 42.1. The van der Waals surface area contributed by atoms with Gasteiger partial charge in [-0.15, -0.1) is 0 Å². The Bertz CT molecular complexity index is 2690. The third kappa shape index (κ3) is 8.96. The molecule has 4 nitrogen and oxygen atoms in total. The van der Waals surface area contributed by atoms with Crippen LogP contribution in [0.15, 0.2) is 243 Å². The van der Waals surface area contributed by atoms with E-state index in [1.165, 1.54) is 0 Å². The van der Waals surface area contributed by atoms with Crippen molar-refractivity contribution in [3.8, 4) is 11.5 Å². The number of anilines is 6. The Hall–Kier alpha value is -8.34. The van der Waals surface area contributed by atoms with Gasteiger partial charge in [0, 0.05) is 34.1 Å². The van der Waals surface area contributed by atoms with Crippen molar-refractivity contribution in [3.05, 3.63) is 276 Å². The lowest BCUT2D eigenvalue weighted by Gasteiger charge is -2.25. The lowest BCUT2D eigenvalue weighted by Crippen LogP contribution is -2.09. The summed E-state index contributed by atoms with van der Waals surface area (Å²) < 4.78 is 0. The Kier molecular flexibility index (Phi) is 11.5. The van der Waals surface area contributed by atoms with Crippen molar-refractivity contribution in [2.24, 2.45) is 0 Å². The standard InChI is InChI=1S/C58H44N2O2/c61-55-37-33-53(34-38-55)59(49-17-9-3-10-18-49)51-29-21-43(22-30-51)41-57(45-13-5-1-6-14-45)47-25-27-48(28-26-47)58(46-15-7-2-8-16-46)42-44-23-31-52(32-24-44)60(50-19-11-4-12-20-50)54-35-39-56(62)40-36-54/h1-42,61-62H/b57-41-,58-42+. The topological polar surface area (TPSA) is 46.9 Å². The van der Waals surface area contributed by atoms with E-state index in [-0.39, 0.29) is 11.5 Å². The van der Waals surface area contributed by atoms with Gasteiger partial charge in [0.25, 0.3) is 0 Å². The molecule has 62 heavy (non-hydrogen) atoms. The Morgan fingerprint density at radius 2 is 0.500 bits per heavy atom. The van der Waals surface area contributed by atoms with E-state index in [2.05, 4.69) is 180 Å². The third-order valence-electron chi connectivity index (χ3n) is 10.8. The zero-order valence-corrected chi connectivity index (χ0v) is 34.0. The van der Waals surface area contributed by atoms with E-state index in [9.17, 15) is 10.2 Å². The second-order valence-corrected chi connectivity index (χ2v) is 15.0. The van der Waals surface area contributed by atoms with Crippen molar-refractivity contribution >= 4 is 57.4 Å². The molecule has 0 aromatic heterocycles. The molecule has 9 aromatic rings. The first kappa shape index (κ1) is 39.1. The van der Waals surface area contributed by atoms with Crippen molar-refractivity contribution < 1.29 is 10.2 Å². The average molecular weight is 801 g/mol. The van der Waals surface area contributed by atoms with Gasteiger partial charge in [0.05, 0.1) is 0 Å². The molecule has 0 saturated carbocycles. The van der Waals surface area contributed by atoms with Crippen LogP contribution in [-0.2, 0) is 0 Å². The quantitative estimate of drug-likeness (QED) is 0.121. The second-order valence-electron chi connectivity index (χ2n) is 15.0. The van der Waals surface area contributed by atoms with Gasteiger partial charge in [-0.2, -0.15) is 0 Å². The van der Waals surface area contributed by atoms with Crippen LogP contribution in [0.25, 0.3) is 23.3 Å². The van der Waals surface area contributed by atoms with Gasteiger partial charge >= 0.3 is 0 Å². The number of benzene rings is 9. The molecule has 0 unspecified atom stereocenters. The molecular formula is C58H44N2O2. The van der Waals surface area contributed by atoms with Crippen LogP contribution < -0.4 is 9.80 Å². The average Bonchev–Trinajstić information content (AvgIpc) is 3.34. The van der Waals surface area contributed by atoms with Crippen molar-refractivity contribution in [1.29, 1.82) is 0 Å². The highest BCUT2D eigenvalue weighted by molar-refractivity contribution is 5.95. The van der Waals surface area contributed by atoms with E-state index in [1.54, 1.807) is 24.3 Å². The number of hydrogen-bond donors (Lipinski definition) is 2. The summed E-state index contributed by atoms with van der Waals surface area (Å²) in [6.45, 7) is 0. The number of nitrogens with zero attached hydrogens (tertiary/aromatic N) is 2. The van der Waals surface area contributed by atoms with Gasteiger partial charge in [-0.25, -0.2) is 0 Å². The van der Waals surface area contributed by atoms with E-state index < -0.39 is 0 Å². The van der Waals surface area contributed by atoms with E-state index in [0.29, 0.717) is 0 Å². The van der Waals surface area contributed by atoms with Gasteiger partial charge in [0.2, 0.25) is 0 Å². The van der Waals surface area contributed by atoms with Crippen molar-refractivity contribution in [1.82, 2.24) is 0 Å². The molecule has 298 valence electrons. The van der Waals surface area contributed by atoms with Gasteiger partial charge in [0.1, 0.15) is 11.5 Å². The number of hydrogen-bond acceptors (Lipinski definition) is 4. The maximum Gasteiger partial charge on any atom is 0.115 e. The molecule has 0 aliphatic heterocycles. The van der Waals surface area contributed by atoms with Crippen LogP contribution in [0.1, 0.15) is 33.4 Å². The Balaban J connectivity index is 1.04. The highest BCUT2D eigenvalue weighted by Crippen LogP contribution is 2.38. The molecule has 0 amide bonds. The predicted molar refractivity (Wildman–Crippen MR) is 259 cm³/mol. The van der Waals surface area contributed by atoms with E-state index in [1.807, 2.05) is 60.7 Å². The van der Waals surface area contributed by atoms with Crippen LogP contribution in [0.4, 0.5) is 34.1 Å². The van der Waals surface area contributed by atoms with Gasteiger partial charge in [-0.05, 0) is 154 Å². The molecule has 4 heteroatoms. The summed E-state index contributed by atoms with van der Waals surface area (Å²) in [6.07, 6.45) is 4.52. The molecule has 0 heterocycles. The third-order valence-corrected chi connectivity index (χ3v) is 10.8. The molecule has 2 N–H and O–H groups in total. The minimum Gasteiger partial charge on any atom is -0.508 e. The van der Waals surface area contributed by atoms with Crippen LogP contribution in [-0.4, -0.2) is 10.2 Å². The fourth-order valence-electron chi connectivity index (χ4n) is 7.76. The first-order chi connectivity index (χ1) is 30.6. The Morgan fingerprint density at radius 3 is 0.806 bits per heavy atom. The van der Waals surface area contributed by atoms with Crippen LogP contribution >= 0.6 is 0 Å². The van der Waals surface area contributed by atoms with Crippen LogP contribution in [0.3, 0.4) is 0 Å². The summed E-state index contributed by atoms with van der Waals surface area (Å²) in [6, 6.07) is 82.4. The molecule has 9 rings (SSSR count). The van der Waals surface area contributed by atoms with Crippen molar-refractivity contribution in [2.45, 2.75) is 0 Å².